The Morgan fingerprint density at radius 2 is 1.55 bits per heavy atom. The molecule has 0 spiro atoms. The molecule has 0 aliphatic carbocycles. The van der Waals surface area contributed by atoms with Crippen LogP contribution in [-0.2, 0) is 50.1 Å². The Morgan fingerprint density at radius 3 is 2.35 bits per heavy atom. The van der Waals surface area contributed by atoms with Crippen molar-refractivity contribution in [3.05, 3.63) is 162 Å². The van der Waals surface area contributed by atoms with E-state index in [0.29, 0.717) is 13.0 Å². The third-order valence-corrected chi connectivity index (χ3v) is 10.1. The second-order valence-corrected chi connectivity index (χ2v) is 13.8. The fraction of sp³-hybridized carbons (Fsp3) is 0.227. The molecule has 8 rings (SSSR count). The molecule has 3 amide bonds. The summed E-state index contributed by atoms with van der Waals surface area (Å²) in [6, 6.07) is 39.6. The van der Waals surface area contributed by atoms with Crippen LogP contribution in [0.4, 0.5) is 4.79 Å². The first-order valence-electron chi connectivity index (χ1n) is 18.3. The minimum atomic E-state index is -0.995. The van der Waals surface area contributed by atoms with Crippen molar-refractivity contribution in [2.24, 2.45) is 0 Å². The number of amides is 3. The van der Waals surface area contributed by atoms with E-state index in [9.17, 15) is 19.5 Å². The van der Waals surface area contributed by atoms with Crippen molar-refractivity contribution in [3.8, 4) is 11.1 Å². The predicted molar refractivity (Wildman–Crippen MR) is 204 cm³/mol. The molecule has 3 heterocycles. The fourth-order valence-electron chi connectivity index (χ4n) is 7.21. The average molecular weight is 737 g/mol. The maximum Gasteiger partial charge on any atom is 0.408 e. The molecule has 1 aromatic heterocycles. The molecule has 278 valence electrons. The van der Waals surface area contributed by atoms with Crippen LogP contribution < -0.4 is 5.32 Å². The zero-order valence-corrected chi connectivity index (χ0v) is 30.0. The smallest absolute Gasteiger partial charge is 0.408 e. The number of rotatable bonds is 11. The molecule has 2 aliphatic heterocycles. The molecular formula is C44H40N4O7. The highest BCUT2D eigenvalue weighted by atomic mass is 16.7. The quantitative estimate of drug-likeness (QED) is 0.136. The number of carbonyl (C=O) groups is 3. The number of nitrogens with zero attached hydrogens (tertiary/aromatic N) is 3. The summed E-state index contributed by atoms with van der Waals surface area (Å²) < 4.78 is 20.6. The number of imidazole rings is 1. The van der Waals surface area contributed by atoms with Crippen molar-refractivity contribution in [2.75, 3.05) is 0 Å². The number of likely N-dealkylation sites (tertiary alicyclic amines) is 1. The topological polar surface area (TPSA) is 132 Å². The van der Waals surface area contributed by atoms with E-state index in [-0.39, 0.29) is 44.3 Å². The maximum atomic E-state index is 13.3. The molecule has 11 heteroatoms. The van der Waals surface area contributed by atoms with Gasteiger partial charge in [0.2, 0.25) is 5.91 Å². The Labute approximate surface area is 318 Å². The first kappa shape index (κ1) is 35.9. The first-order chi connectivity index (χ1) is 26.9. The van der Waals surface area contributed by atoms with Crippen molar-refractivity contribution in [1.82, 2.24) is 19.8 Å². The Balaban J connectivity index is 0.970. The number of aliphatic hydroxyl groups is 1. The molecule has 0 saturated carbocycles. The Hall–Kier alpha value is -6.14. The molecule has 2 fully saturated rings. The molecule has 5 aromatic carbocycles. The molecule has 0 radical (unpaired) electrons. The summed E-state index contributed by atoms with van der Waals surface area (Å²) in [5.41, 5.74) is 8.00. The summed E-state index contributed by atoms with van der Waals surface area (Å²) in [5.74, 6) is -0.842. The lowest BCUT2D eigenvalue weighted by molar-refractivity contribution is -0.252. The molecule has 2 saturated heterocycles. The van der Waals surface area contributed by atoms with Gasteiger partial charge in [-0.2, -0.15) is 0 Å². The van der Waals surface area contributed by atoms with Gasteiger partial charge in [-0.25, -0.2) is 9.78 Å². The van der Waals surface area contributed by atoms with Crippen molar-refractivity contribution in [1.29, 1.82) is 0 Å². The minimum absolute atomic E-state index is 0.0300. The van der Waals surface area contributed by atoms with Crippen molar-refractivity contribution < 1.29 is 33.7 Å². The average Bonchev–Trinajstić information content (AvgIpc) is 3.75. The molecule has 1 unspecified atom stereocenters. The van der Waals surface area contributed by atoms with Crippen LogP contribution in [0.2, 0.25) is 0 Å². The zero-order chi connectivity index (χ0) is 37.7. The summed E-state index contributed by atoms with van der Waals surface area (Å²) in [5, 5.41) is 12.2. The van der Waals surface area contributed by atoms with E-state index in [1.54, 1.807) is 0 Å². The van der Waals surface area contributed by atoms with Crippen molar-refractivity contribution in [2.45, 2.75) is 63.7 Å². The number of para-hydroxylation sites is 2. The number of imide groups is 1. The zero-order valence-electron chi connectivity index (χ0n) is 30.0. The van der Waals surface area contributed by atoms with Crippen LogP contribution in [0, 0.1) is 0 Å². The number of carbonyl (C=O) groups excluding carboxylic acids is 3. The molecule has 11 nitrogen and oxygen atoms in total. The standard InChI is InChI=1S/C44H40N4O7/c49-26-29-14-16-32(17-15-29)40-22-35(25-47-28-45-37-12-6-7-13-39(37)47)54-43(55-40)33-20-18-31(19-21-33)36-11-5-4-10-34(36)24-48-41(50)23-38(42(48)51)46-44(52)53-27-30-8-2-1-3-9-30/h1-21,28,35,38,40,43,49H,22-27H2,(H,46,52)/t35-,38?,40+,43+/m1/s1. The van der Waals surface area contributed by atoms with Gasteiger partial charge in [-0.05, 0) is 45.5 Å². The van der Waals surface area contributed by atoms with Gasteiger partial charge in [-0.1, -0.05) is 115 Å². The van der Waals surface area contributed by atoms with Crippen LogP contribution in [-0.4, -0.2) is 49.6 Å². The highest BCUT2D eigenvalue weighted by molar-refractivity contribution is 6.06. The van der Waals surface area contributed by atoms with Crippen LogP contribution in [0.15, 0.2) is 134 Å². The lowest BCUT2D eigenvalue weighted by Gasteiger charge is -2.36. The lowest BCUT2D eigenvalue weighted by atomic mass is 9.97. The Bertz CT molecular complexity index is 2290. The normalized spacial score (nSPS) is 19.8. The number of fused-ring (bicyclic) bond motifs is 1. The number of alkyl carbamates (subject to hydrolysis) is 1. The highest BCUT2D eigenvalue weighted by Gasteiger charge is 2.40. The van der Waals surface area contributed by atoms with Crippen LogP contribution in [0.25, 0.3) is 22.2 Å². The third kappa shape index (κ3) is 8.04. The second-order valence-electron chi connectivity index (χ2n) is 13.8. The van der Waals surface area contributed by atoms with E-state index in [1.807, 2.05) is 128 Å². The van der Waals surface area contributed by atoms with Crippen molar-refractivity contribution >= 4 is 28.9 Å². The van der Waals surface area contributed by atoms with E-state index in [1.165, 1.54) is 4.90 Å². The second kappa shape index (κ2) is 16.1. The SMILES string of the molecule is O=C(NC1CC(=O)N(Cc2ccccc2-c2ccc([C@H]3O[C@@H](Cn4cnc5ccccc54)C[C@@H](c4ccc(CO)cc4)O3)cc2)C1=O)OCc1ccccc1. The van der Waals surface area contributed by atoms with Crippen LogP contribution >= 0.6 is 0 Å². The summed E-state index contributed by atoms with van der Waals surface area (Å²) >= 11 is 0. The largest absolute Gasteiger partial charge is 0.445 e. The summed E-state index contributed by atoms with van der Waals surface area (Å²) in [6.07, 6.45) is 0.510. The van der Waals surface area contributed by atoms with Crippen LogP contribution in [0.3, 0.4) is 0 Å². The van der Waals surface area contributed by atoms with Gasteiger partial charge >= 0.3 is 6.09 Å². The van der Waals surface area contributed by atoms with Gasteiger partial charge in [0.05, 0.1) is 55.7 Å². The molecular weight excluding hydrogens is 697 g/mol. The summed E-state index contributed by atoms with van der Waals surface area (Å²) in [7, 11) is 0. The number of aromatic nitrogens is 2. The highest BCUT2D eigenvalue weighted by Crippen LogP contribution is 2.39. The lowest BCUT2D eigenvalue weighted by Crippen LogP contribution is -2.41. The van der Waals surface area contributed by atoms with E-state index in [4.69, 9.17) is 14.2 Å². The summed E-state index contributed by atoms with van der Waals surface area (Å²) in [6.45, 7) is 0.677. The van der Waals surface area contributed by atoms with E-state index in [0.717, 1.165) is 50.0 Å². The number of benzene rings is 5. The molecule has 2 aliphatic rings. The first-order valence-corrected chi connectivity index (χ1v) is 18.3. The van der Waals surface area contributed by atoms with Gasteiger partial charge in [0.15, 0.2) is 6.29 Å². The summed E-state index contributed by atoms with van der Waals surface area (Å²) in [4.78, 5) is 44.6. The van der Waals surface area contributed by atoms with Gasteiger partial charge in [-0.15, -0.1) is 0 Å². The molecule has 2 N–H and O–H groups in total. The predicted octanol–water partition coefficient (Wildman–Crippen LogP) is 7.00. The van der Waals surface area contributed by atoms with E-state index < -0.39 is 24.3 Å². The van der Waals surface area contributed by atoms with Gasteiger partial charge in [0, 0.05) is 12.0 Å². The van der Waals surface area contributed by atoms with E-state index >= 15 is 0 Å². The molecule has 6 aromatic rings. The van der Waals surface area contributed by atoms with E-state index in [2.05, 4.69) is 20.9 Å². The molecule has 55 heavy (non-hydrogen) atoms. The van der Waals surface area contributed by atoms with Crippen LogP contribution in [0.1, 0.15) is 53.1 Å². The Morgan fingerprint density at radius 1 is 0.818 bits per heavy atom. The number of ether oxygens (including phenoxy) is 3. The van der Waals surface area contributed by atoms with Gasteiger partial charge in [-0.3, -0.25) is 14.5 Å². The number of aliphatic hydroxyl groups excluding tert-OH is 1. The number of nitrogens with one attached hydrogen (secondary N) is 1. The van der Waals surface area contributed by atoms with Crippen molar-refractivity contribution in [3.63, 3.8) is 0 Å². The Kier molecular flexibility index (Phi) is 10.5. The van der Waals surface area contributed by atoms with Gasteiger partial charge in [0.1, 0.15) is 12.6 Å². The number of hydrogen-bond donors (Lipinski definition) is 2. The number of hydrogen-bond acceptors (Lipinski definition) is 8. The minimum Gasteiger partial charge on any atom is -0.445 e. The monoisotopic (exact) mass is 736 g/mol. The molecule has 0 bridgehead atoms. The van der Waals surface area contributed by atoms with Gasteiger partial charge < -0.3 is 29.2 Å². The maximum absolute atomic E-state index is 13.3. The fourth-order valence-corrected chi connectivity index (χ4v) is 7.21. The third-order valence-electron chi connectivity index (χ3n) is 10.1. The van der Waals surface area contributed by atoms with Crippen LogP contribution in [0.5, 0.6) is 0 Å². The van der Waals surface area contributed by atoms with Gasteiger partial charge in [0.25, 0.3) is 5.91 Å². The molecule has 4 atom stereocenters.